The molecule has 0 spiro atoms. The SMILES string of the molecule is COc1ccccc1OCCCOc1ccc(/C=C2/SC(=S)N(Cc3ccccc3)C2=O)cc1. The maximum atomic E-state index is 12.8. The molecule has 1 aliphatic heterocycles. The van der Waals surface area contributed by atoms with Crippen LogP contribution < -0.4 is 14.2 Å². The Morgan fingerprint density at radius 1 is 0.882 bits per heavy atom. The number of hydrogen-bond donors (Lipinski definition) is 0. The summed E-state index contributed by atoms with van der Waals surface area (Å²) in [6.07, 6.45) is 2.61. The molecule has 174 valence electrons. The molecule has 0 N–H and O–H groups in total. The Bertz CT molecular complexity index is 1160. The maximum Gasteiger partial charge on any atom is 0.266 e. The summed E-state index contributed by atoms with van der Waals surface area (Å²) in [5, 5.41) is 0. The second kappa shape index (κ2) is 11.7. The minimum atomic E-state index is -0.0609. The van der Waals surface area contributed by atoms with Gasteiger partial charge in [0.25, 0.3) is 5.91 Å². The van der Waals surface area contributed by atoms with Crippen LogP contribution in [0.4, 0.5) is 0 Å². The van der Waals surface area contributed by atoms with Crippen LogP contribution in [0, 0.1) is 0 Å². The van der Waals surface area contributed by atoms with Gasteiger partial charge in [0.15, 0.2) is 11.5 Å². The third-order valence-electron chi connectivity index (χ3n) is 5.12. The molecule has 0 aliphatic carbocycles. The molecule has 1 aliphatic rings. The predicted molar refractivity (Wildman–Crippen MR) is 140 cm³/mol. The fourth-order valence-electron chi connectivity index (χ4n) is 3.38. The Balaban J connectivity index is 1.26. The molecule has 0 unspecified atom stereocenters. The van der Waals surface area contributed by atoms with Crippen molar-refractivity contribution in [3.63, 3.8) is 0 Å². The van der Waals surface area contributed by atoms with Crippen LogP contribution >= 0.6 is 24.0 Å². The van der Waals surface area contributed by atoms with Gasteiger partial charge in [-0.05, 0) is 41.5 Å². The van der Waals surface area contributed by atoms with Crippen molar-refractivity contribution in [2.24, 2.45) is 0 Å². The molecule has 3 aromatic rings. The Labute approximate surface area is 209 Å². The number of rotatable bonds is 10. The number of hydrogen-bond acceptors (Lipinski definition) is 6. The lowest BCUT2D eigenvalue weighted by Crippen LogP contribution is -2.27. The molecule has 5 nitrogen and oxygen atoms in total. The number of thiocarbonyl (C=S) groups is 1. The molecule has 34 heavy (non-hydrogen) atoms. The highest BCUT2D eigenvalue weighted by atomic mass is 32.2. The van der Waals surface area contributed by atoms with E-state index in [4.69, 9.17) is 26.4 Å². The van der Waals surface area contributed by atoms with Crippen molar-refractivity contribution in [1.29, 1.82) is 0 Å². The summed E-state index contributed by atoms with van der Waals surface area (Å²) in [6.45, 7) is 1.55. The van der Waals surface area contributed by atoms with Crippen molar-refractivity contribution in [1.82, 2.24) is 4.90 Å². The molecule has 7 heteroatoms. The topological polar surface area (TPSA) is 48.0 Å². The number of carbonyl (C=O) groups is 1. The number of para-hydroxylation sites is 2. The summed E-state index contributed by atoms with van der Waals surface area (Å²) < 4.78 is 17.4. The van der Waals surface area contributed by atoms with Gasteiger partial charge in [0.2, 0.25) is 0 Å². The van der Waals surface area contributed by atoms with Gasteiger partial charge in [-0.15, -0.1) is 0 Å². The smallest absolute Gasteiger partial charge is 0.266 e. The number of benzene rings is 3. The van der Waals surface area contributed by atoms with Gasteiger partial charge in [-0.25, -0.2) is 0 Å². The zero-order chi connectivity index (χ0) is 23.8. The van der Waals surface area contributed by atoms with Crippen LogP contribution in [0.2, 0.25) is 0 Å². The van der Waals surface area contributed by atoms with Gasteiger partial charge in [0.05, 0.1) is 31.8 Å². The molecule has 3 aromatic carbocycles. The molecule has 1 heterocycles. The first-order chi connectivity index (χ1) is 16.6. The average Bonchev–Trinajstić information content (AvgIpc) is 3.13. The van der Waals surface area contributed by atoms with E-state index in [0.717, 1.165) is 34.8 Å². The summed E-state index contributed by atoms with van der Waals surface area (Å²) in [6, 6.07) is 25.1. The van der Waals surface area contributed by atoms with Crippen molar-refractivity contribution in [3.8, 4) is 17.2 Å². The summed E-state index contributed by atoms with van der Waals surface area (Å²) >= 11 is 6.77. The summed E-state index contributed by atoms with van der Waals surface area (Å²) in [5.74, 6) is 2.15. The van der Waals surface area contributed by atoms with E-state index in [-0.39, 0.29) is 5.91 Å². The van der Waals surface area contributed by atoms with Crippen LogP contribution in [0.15, 0.2) is 83.8 Å². The Morgan fingerprint density at radius 3 is 2.29 bits per heavy atom. The molecule has 0 saturated carbocycles. The number of methoxy groups -OCH3 is 1. The van der Waals surface area contributed by atoms with E-state index >= 15 is 0 Å². The minimum absolute atomic E-state index is 0.0609. The first-order valence-corrected chi connectivity index (χ1v) is 12.1. The van der Waals surface area contributed by atoms with Crippen LogP contribution in [-0.4, -0.2) is 35.5 Å². The van der Waals surface area contributed by atoms with Gasteiger partial charge >= 0.3 is 0 Å². The van der Waals surface area contributed by atoms with E-state index in [2.05, 4.69) is 0 Å². The third kappa shape index (κ3) is 6.18. The number of thioether (sulfide) groups is 1. The van der Waals surface area contributed by atoms with Crippen LogP contribution in [0.1, 0.15) is 17.5 Å². The largest absolute Gasteiger partial charge is 0.493 e. The van der Waals surface area contributed by atoms with E-state index < -0.39 is 0 Å². The second-order valence-electron chi connectivity index (χ2n) is 7.52. The average molecular weight is 492 g/mol. The molecular weight excluding hydrogens is 466 g/mol. The van der Waals surface area contributed by atoms with Crippen molar-refractivity contribution < 1.29 is 19.0 Å². The molecule has 0 radical (unpaired) electrons. The molecule has 1 saturated heterocycles. The number of ether oxygens (including phenoxy) is 3. The highest BCUT2D eigenvalue weighted by Crippen LogP contribution is 2.34. The maximum absolute atomic E-state index is 12.8. The van der Waals surface area contributed by atoms with E-state index in [0.29, 0.717) is 29.0 Å². The Kier molecular flexibility index (Phi) is 8.22. The summed E-state index contributed by atoms with van der Waals surface area (Å²) in [4.78, 5) is 15.1. The number of amides is 1. The van der Waals surface area contributed by atoms with E-state index in [1.54, 1.807) is 12.0 Å². The number of carbonyl (C=O) groups excluding carboxylic acids is 1. The zero-order valence-electron chi connectivity index (χ0n) is 18.8. The van der Waals surface area contributed by atoms with Crippen LogP contribution in [0.3, 0.4) is 0 Å². The van der Waals surface area contributed by atoms with Gasteiger partial charge in [-0.2, -0.15) is 0 Å². The quantitative estimate of drug-likeness (QED) is 0.199. The standard InChI is InChI=1S/C27H25NO4S2/c1-30-23-10-5-6-11-24(23)32-17-7-16-31-22-14-12-20(13-15-22)18-25-26(29)28(27(33)34-25)19-21-8-3-2-4-9-21/h2-6,8-15,18H,7,16-17,19H2,1H3/b25-18+. The zero-order valence-corrected chi connectivity index (χ0v) is 20.4. The monoisotopic (exact) mass is 491 g/mol. The Hall–Kier alpha value is -3.29. The third-order valence-corrected chi connectivity index (χ3v) is 6.50. The first kappa shape index (κ1) is 23.9. The van der Waals surface area contributed by atoms with Gasteiger partial charge in [-0.1, -0.05) is 78.6 Å². The predicted octanol–water partition coefficient (Wildman–Crippen LogP) is 5.94. The fraction of sp³-hybridized carbons (Fsp3) is 0.185. The summed E-state index contributed by atoms with van der Waals surface area (Å²) in [7, 11) is 1.63. The lowest BCUT2D eigenvalue weighted by molar-refractivity contribution is -0.122. The van der Waals surface area contributed by atoms with Crippen LogP contribution in [0.25, 0.3) is 6.08 Å². The lowest BCUT2D eigenvalue weighted by Gasteiger charge is -2.14. The molecule has 4 rings (SSSR count). The van der Waals surface area contributed by atoms with Gasteiger partial charge < -0.3 is 14.2 Å². The first-order valence-electron chi connectivity index (χ1n) is 10.9. The van der Waals surface area contributed by atoms with E-state index in [1.807, 2.05) is 84.9 Å². The van der Waals surface area contributed by atoms with E-state index in [9.17, 15) is 4.79 Å². The lowest BCUT2D eigenvalue weighted by atomic mass is 10.2. The van der Waals surface area contributed by atoms with Crippen LogP contribution in [-0.2, 0) is 11.3 Å². The second-order valence-corrected chi connectivity index (χ2v) is 9.20. The van der Waals surface area contributed by atoms with Crippen molar-refractivity contribution in [3.05, 3.63) is 94.9 Å². The molecule has 1 amide bonds. The van der Waals surface area contributed by atoms with Gasteiger partial charge in [0, 0.05) is 6.42 Å². The van der Waals surface area contributed by atoms with E-state index in [1.165, 1.54) is 11.8 Å². The number of nitrogens with zero attached hydrogens (tertiary/aromatic N) is 1. The molecule has 1 fully saturated rings. The van der Waals surface area contributed by atoms with Crippen molar-refractivity contribution in [2.75, 3.05) is 20.3 Å². The molecule has 0 aromatic heterocycles. The van der Waals surface area contributed by atoms with Gasteiger partial charge in [-0.3, -0.25) is 9.69 Å². The molecular formula is C27H25NO4S2. The van der Waals surface area contributed by atoms with Crippen molar-refractivity contribution in [2.45, 2.75) is 13.0 Å². The highest BCUT2D eigenvalue weighted by Gasteiger charge is 2.31. The van der Waals surface area contributed by atoms with Crippen LogP contribution in [0.5, 0.6) is 17.2 Å². The summed E-state index contributed by atoms with van der Waals surface area (Å²) in [5.41, 5.74) is 1.97. The highest BCUT2D eigenvalue weighted by molar-refractivity contribution is 8.26. The molecule has 0 atom stereocenters. The van der Waals surface area contributed by atoms with Crippen molar-refractivity contribution >= 4 is 40.3 Å². The normalized spacial score (nSPS) is 14.5. The fourth-order valence-corrected chi connectivity index (χ4v) is 4.64. The molecule has 0 bridgehead atoms. The van der Waals surface area contributed by atoms with Gasteiger partial charge in [0.1, 0.15) is 10.1 Å². The minimum Gasteiger partial charge on any atom is -0.493 e. The Morgan fingerprint density at radius 2 is 1.56 bits per heavy atom.